The summed E-state index contributed by atoms with van der Waals surface area (Å²) >= 11 is 1.40. The third kappa shape index (κ3) is 3.24. The second-order valence-corrected chi connectivity index (χ2v) is 4.67. The molecule has 0 saturated carbocycles. The number of aromatic nitrogens is 2. The third-order valence-electron chi connectivity index (χ3n) is 2.33. The SMILES string of the molecule is NC(CSc1ccncn1)c1ccc(F)cc1F. The van der Waals surface area contributed by atoms with Gasteiger partial charge in [-0.1, -0.05) is 6.07 Å². The standard InChI is InChI=1S/C12H11F2N3S/c13-8-1-2-9(10(14)5-8)11(15)6-18-12-3-4-16-7-17-12/h1-5,7,11H,6,15H2. The number of benzene rings is 1. The van der Waals surface area contributed by atoms with E-state index in [2.05, 4.69) is 9.97 Å². The molecule has 1 unspecified atom stereocenters. The number of nitrogens with two attached hydrogens (primary N) is 1. The lowest BCUT2D eigenvalue weighted by Gasteiger charge is -2.12. The molecule has 0 aliphatic carbocycles. The lowest BCUT2D eigenvalue weighted by Crippen LogP contribution is -2.15. The Morgan fingerprint density at radius 2 is 2.11 bits per heavy atom. The Kier molecular flexibility index (Phi) is 4.22. The van der Waals surface area contributed by atoms with Gasteiger partial charge in [0, 0.05) is 29.6 Å². The molecule has 0 spiro atoms. The molecular weight excluding hydrogens is 256 g/mol. The van der Waals surface area contributed by atoms with Gasteiger partial charge in [0.2, 0.25) is 0 Å². The molecule has 2 aromatic rings. The fourth-order valence-electron chi connectivity index (χ4n) is 1.43. The van der Waals surface area contributed by atoms with Crippen LogP contribution in [0.5, 0.6) is 0 Å². The quantitative estimate of drug-likeness (QED) is 0.683. The maximum atomic E-state index is 13.5. The van der Waals surface area contributed by atoms with E-state index in [4.69, 9.17) is 5.73 Å². The van der Waals surface area contributed by atoms with Crippen molar-refractivity contribution < 1.29 is 8.78 Å². The summed E-state index contributed by atoms with van der Waals surface area (Å²) in [6, 6.07) is 4.65. The van der Waals surface area contributed by atoms with Crippen LogP contribution < -0.4 is 5.73 Å². The third-order valence-corrected chi connectivity index (χ3v) is 3.39. The Morgan fingerprint density at radius 3 is 2.78 bits per heavy atom. The second-order valence-electron chi connectivity index (χ2n) is 3.63. The lowest BCUT2D eigenvalue weighted by atomic mass is 10.1. The number of rotatable bonds is 4. The molecule has 18 heavy (non-hydrogen) atoms. The van der Waals surface area contributed by atoms with Crippen molar-refractivity contribution in [3.63, 3.8) is 0 Å². The van der Waals surface area contributed by atoms with E-state index >= 15 is 0 Å². The molecule has 2 N–H and O–H groups in total. The highest BCUT2D eigenvalue weighted by Gasteiger charge is 2.12. The first-order valence-electron chi connectivity index (χ1n) is 5.26. The molecule has 0 saturated heterocycles. The van der Waals surface area contributed by atoms with Gasteiger partial charge in [0.05, 0.1) is 5.03 Å². The summed E-state index contributed by atoms with van der Waals surface area (Å²) in [5, 5.41) is 0.767. The molecule has 1 aromatic carbocycles. The summed E-state index contributed by atoms with van der Waals surface area (Å²) in [5.74, 6) is -0.766. The first-order chi connectivity index (χ1) is 8.66. The highest BCUT2D eigenvalue weighted by Crippen LogP contribution is 2.23. The van der Waals surface area contributed by atoms with Crippen molar-refractivity contribution in [3.8, 4) is 0 Å². The van der Waals surface area contributed by atoms with Crippen LogP contribution in [-0.4, -0.2) is 15.7 Å². The summed E-state index contributed by atoms with van der Waals surface area (Å²) in [6.07, 6.45) is 3.06. The van der Waals surface area contributed by atoms with Crippen molar-refractivity contribution in [3.05, 3.63) is 54.0 Å². The van der Waals surface area contributed by atoms with E-state index in [1.807, 2.05) is 0 Å². The van der Waals surface area contributed by atoms with Gasteiger partial charge in [0.1, 0.15) is 18.0 Å². The van der Waals surface area contributed by atoms with E-state index < -0.39 is 17.7 Å². The predicted molar refractivity (Wildman–Crippen MR) is 66.0 cm³/mol. The zero-order valence-corrected chi connectivity index (χ0v) is 10.2. The van der Waals surface area contributed by atoms with Crippen LogP contribution in [0.4, 0.5) is 8.78 Å². The van der Waals surface area contributed by atoms with E-state index in [1.165, 1.54) is 30.2 Å². The van der Waals surface area contributed by atoms with Gasteiger partial charge in [-0.25, -0.2) is 18.7 Å². The van der Waals surface area contributed by atoms with Crippen molar-refractivity contribution in [1.29, 1.82) is 0 Å². The van der Waals surface area contributed by atoms with Gasteiger partial charge in [-0.15, -0.1) is 11.8 Å². The predicted octanol–water partition coefficient (Wildman–Crippen LogP) is 2.55. The number of halogens is 2. The summed E-state index contributed by atoms with van der Waals surface area (Å²) in [4.78, 5) is 7.82. The van der Waals surface area contributed by atoms with Crippen molar-refractivity contribution in [2.45, 2.75) is 11.1 Å². The summed E-state index contributed by atoms with van der Waals surface area (Å²) < 4.78 is 26.2. The first-order valence-corrected chi connectivity index (χ1v) is 6.24. The molecule has 0 radical (unpaired) electrons. The summed E-state index contributed by atoms with van der Waals surface area (Å²) in [7, 11) is 0. The lowest BCUT2D eigenvalue weighted by molar-refractivity contribution is 0.563. The molecule has 1 heterocycles. The van der Waals surface area contributed by atoms with Gasteiger partial charge in [-0.05, 0) is 12.1 Å². The number of hydrogen-bond acceptors (Lipinski definition) is 4. The van der Waals surface area contributed by atoms with Crippen molar-refractivity contribution in [2.24, 2.45) is 5.73 Å². The highest BCUT2D eigenvalue weighted by atomic mass is 32.2. The molecule has 1 atom stereocenters. The van der Waals surface area contributed by atoms with Crippen molar-refractivity contribution >= 4 is 11.8 Å². The van der Waals surface area contributed by atoms with Gasteiger partial charge in [-0.2, -0.15) is 0 Å². The normalized spacial score (nSPS) is 12.4. The summed E-state index contributed by atoms with van der Waals surface area (Å²) in [6.45, 7) is 0. The first kappa shape index (κ1) is 12.9. The minimum Gasteiger partial charge on any atom is -0.323 e. The van der Waals surface area contributed by atoms with Gasteiger partial charge in [-0.3, -0.25) is 0 Å². The van der Waals surface area contributed by atoms with Gasteiger partial charge in [0.15, 0.2) is 0 Å². The van der Waals surface area contributed by atoms with Crippen LogP contribution >= 0.6 is 11.8 Å². The van der Waals surface area contributed by atoms with Crippen LogP contribution in [0.25, 0.3) is 0 Å². The fraction of sp³-hybridized carbons (Fsp3) is 0.167. The number of nitrogens with zero attached hydrogens (tertiary/aromatic N) is 2. The summed E-state index contributed by atoms with van der Waals surface area (Å²) in [5.41, 5.74) is 6.17. The zero-order chi connectivity index (χ0) is 13.0. The topological polar surface area (TPSA) is 51.8 Å². The smallest absolute Gasteiger partial charge is 0.130 e. The van der Waals surface area contributed by atoms with Crippen LogP contribution in [0.15, 0.2) is 41.8 Å². The molecule has 2 rings (SSSR count). The molecule has 0 amide bonds. The van der Waals surface area contributed by atoms with Crippen LogP contribution in [0.1, 0.15) is 11.6 Å². The number of hydrogen-bond donors (Lipinski definition) is 1. The average Bonchev–Trinajstić information content (AvgIpc) is 2.37. The Hall–Kier alpha value is -1.53. The molecule has 0 fully saturated rings. The maximum absolute atomic E-state index is 13.5. The molecule has 94 valence electrons. The van der Waals surface area contributed by atoms with Crippen molar-refractivity contribution in [1.82, 2.24) is 9.97 Å². The molecule has 0 aliphatic heterocycles. The largest absolute Gasteiger partial charge is 0.323 e. The second kappa shape index (κ2) is 5.88. The molecule has 3 nitrogen and oxygen atoms in total. The van der Waals surface area contributed by atoms with Gasteiger partial charge in [0.25, 0.3) is 0 Å². The highest BCUT2D eigenvalue weighted by molar-refractivity contribution is 7.99. The fourth-order valence-corrected chi connectivity index (χ4v) is 2.24. The van der Waals surface area contributed by atoms with E-state index in [9.17, 15) is 8.78 Å². The van der Waals surface area contributed by atoms with Gasteiger partial charge < -0.3 is 5.73 Å². The van der Waals surface area contributed by atoms with E-state index in [-0.39, 0.29) is 0 Å². The Balaban J connectivity index is 2.01. The minimum absolute atomic E-state index is 0.304. The monoisotopic (exact) mass is 267 g/mol. The van der Waals surface area contributed by atoms with Crippen LogP contribution in [-0.2, 0) is 0 Å². The number of thioether (sulfide) groups is 1. The van der Waals surface area contributed by atoms with Crippen LogP contribution in [0.3, 0.4) is 0 Å². The average molecular weight is 267 g/mol. The zero-order valence-electron chi connectivity index (χ0n) is 9.38. The van der Waals surface area contributed by atoms with Crippen LogP contribution in [0.2, 0.25) is 0 Å². The Bertz CT molecular complexity index is 522. The van der Waals surface area contributed by atoms with E-state index in [0.29, 0.717) is 11.3 Å². The Morgan fingerprint density at radius 1 is 1.28 bits per heavy atom. The van der Waals surface area contributed by atoms with E-state index in [1.54, 1.807) is 12.3 Å². The molecule has 0 bridgehead atoms. The molecule has 0 aliphatic rings. The molecule has 1 aromatic heterocycles. The minimum atomic E-state index is -0.620. The van der Waals surface area contributed by atoms with Gasteiger partial charge >= 0.3 is 0 Å². The maximum Gasteiger partial charge on any atom is 0.130 e. The molecule has 6 heteroatoms. The van der Waals surface area contributed by atoms with E-state index in [0.717, 1.165) is 11.1 Å². The molecular formula is C12H11F2N3S. The Labute approximate surface area is 107 Å². The van der Waals surface area contributed by atoms with Crippen LogP contribution in [0, 0.1) is 11.6 Å². The van der Waals surface area contributed by atoms with Crippen molar-refractivity contribution in [2.75, 3.05) is 5.75 Å².